The number of aliphatic hydroxyl groups is 1. The maximum Gasteiger partial charge on any atom is 0.472 e. The summed E-state index contributed by atoms with van der Waals surface area (Å²) in [6, 6.07) is 0. The molecule has 0 amide bonds. The van der Waals surface area contributed by atoms with Gasteiger partial charge in [0.2, 0.25) is 0 Å². The van der Waals surface area contributed by atoms with Crippen LogP contribution in [-0.2, 0) is 65.4 Å². The van der Waals surface area contributed by atoms with Crippen LogP contribution in [0.3, 0.4) is 0 Å². The van der Waals surface area contributed by atoms with Crippen molar-refractivity contribution >= 4 is 39.5 Å². The van der Waals surface area contributed by atoms with Crippen LogP contribution in [0.1, 0.15) is 368 Å². The average Bonchev–Trinajstić information content (AvgIpc) is 3.60. The van der Waals surface area contributed by atoms with Crippen LogP contribution in [0.5, 0.6) is 0 Å². The summed E-state index contributed by atoms with van der Waals surface area (Å²) in [5.41, 5.74) is 0. The van der Waals surface area contributed by atoms with Gasteiger partial charge in [0, 0.05) is 25.7 Å². The molecule has 89 heavy (non-hydrogen) atoms. The Hall–Kier alpha value is -1.94. The van der Waals surface area contributed by atoms with E-state index in [0.29, 0.717) is 25.7 Å². The van der Waals surface area contributed by atoms with Gasteiger partial charge in [0.15, 0.2) is 12.2 Å². The Morgan fingerprint density at radius 2 is 0.449 bits per heavy atom. The Balaban J connectivity index is 5.15. The van der Waals surface area contributed by atoms with Gasteiger partial charge in [-0.3, -0.25) is 37.3 Å². The molecular formula is C70H136O17P2. The van der Waals surface area contributed by atoms with Gasteiger partial charge in [0.1, 0.15) is 19.3 Å². The molecule has 0 spiro atoms. The maximum absolute atomic E-state index is 13.0. The van der Waals surface area contributed by atoms with Gasteiger partial charge in [-0.15, -0.1) is 0 Å². The third kappa shape index (κ3) is 64.6. The van der Waals surface area contributed by atoms with Crippen LogP contribution in [0, 0.1) is 0 Å². The lowest BCUT2D eigenvalue weighted by Gasteiger charge is -2.21. The summed E-state index contributed by atoms with van der Waals surface area (Å²) in [7, 11) is -9.89. The van der Waals surface area contributed by atoms with E-state index in [1.807, 2.05) is 0 Å². The van der Waals surface area contributed by atoms with Crippen LogP contribution >= 0.6 is 15.6 Å². The van der Waals surface area contributed by atoms with Crippen molar-refractivity contribution < 1.29 is 80.2 Å². The number of carbonyl (C=O) groups is 4. The molecule has 528 valence electrons. The first-order chi connectivity index (χ1) is 43.2. The second kappa shape index (κ2) is 64.8. The molecule has 0 rings (SSSR count). The number of ether oxygens (including phenoxy) is 4. The molecule has 0 radical (unpaired) electrons. The van der Waals surface area contributed by atoms with Crippen LogP contribution < -0.4 is 0 Å². The number of phosphoric acid groups is 2. The molecule has 0 aromatic heterocycles. The molecule has 17 nitrogen and oxygen atoms in total. The van der Waals surface area contributed by atoms with Gasteiger partial charge in [-0.2, -0.15) is 0 Å². The number of carbonyl (C=O) groups excluding carboxylic acids is 4. The molecule has 0 aromatic rings. The van der Waals surface area contributed by atoms with Gasteiger partial charge in [-0.05, 0) is 25.7 Å². The second-order valence-corrected chi connectivity index (χ2v) is 28.2. The summed E-state index contributed by atoms with van der Waals surface area (Å²) >= 11 is 0. The van der Waals surface area contributed by atoms with Crippen LogP contribution in [-0.4, -0.2) is 96.7 Å². The molecule has 0 aliphatic carbocycles. The summed E-state index contributed by atoms with van der Waals surface area (Å²) in [5.74, 6) is -2.13. The van der Waals surface area contributed by atoms with Crippen molar-refractivity contribution in [3.8, 4) is 0 Å². The summed E-state index contributed by atoms with van der Waals surface area (Å²) in [6.07, 6.45) is 53.0. The maximum atomic E-state index is 13.0. The van der Waals surface area contributed by atoms with Crippen molar-refractivity contribution in [3.63, 3.8) is 0 Å². The summed E-state index contributed by atoms with van der Waals surface area (Å²) in [5, 5.41) is 10.6. The SMILES string of the molecule is CCCCCCCCCCCCCCCCCCC(=O)O[C@H](COC(=O)CCCCCCCCCCCCCCCCC)COP(=O)(O)OC[C@@H](O)COP(=O)(O)OC[C@@H](COC(=O)CCCCCCC)OC(=O)CCCCCCCCCCCCCCC. The fraction of sp³-hybridized carbons (Fsp3) is 0.943. The summed E-state index contributed by atoms with van der Waals surface area (Å²) in [6.45, 7) is 4.87. The van der Waals surface area contributed by atoms with E-state index in [1.54, 1.807) is 0 Å². The zero-order valence-electron chi connectivity index (χ0n) is 57.4. The van der Waals surface area contributed by atoms with Crippen molar-refractivity contribution in [1.82, 2.24) is 0 Å². The van der Waals surface area contributed by atoms with E-state index in [4.69, 9.17) is 37.0 Å². The fourth-order valence-corrected chi connectivity index (χ4v) is 12.3. The lowest BCUT2D eigenvalue weighted by Crippen LogP contribution is -2.30. The Morgan fingerprint density at radius 1 is 0.270 bits per heavy atom. The van der Waals surface area contributed by atoms with Crippen LogP contribution in [0.4, 0.5) is 0 Å². The molecule has 0 bridgehead atoms. The van der Waals surface area contributed by atoms with E-state index in [1.165, 1.54) is 193 Å². The lowest BCUT2D eigenvalue weighted by atomic mass is 10.0. The minimum absolute atomic E-state index is 0.107. The predicted molar refractivity (Wildman–Crippen MR) is 359 cm³/mol. The zero-order valence-corrected chi connectivity index (χ0v) is 59.2. The molecule has 0 fully saturated rings. The van der Waals surface area contributed by atoms with E-state index >= 15 is 0 Å². The molecule has 0 aliphatic rings. The molecule has 0 aliphatic heterocycles. The van der Waals surface area contributed by atoms with E-state index in [2.05, 4.69) is 27.7 Å². The third-order valence-electron chi connectivity index (χ3n) is 16.4. The van der Waals surface area contributed by atoms with E-state index in [9.17, 15) is 43.2 Å². The first kappa shape index (κ1) is 87.1. The first-order valence-electron chi connectivity index (χ1n) is 36.8. The molecule has 0 saturated heterocycles. The Bertz CT molecular complexity index is 1710. The van der Waals surface area contributed by atoms with Crippen molar-refractivity contribution in [2.24, 2.45) is 0 Å². The number of esters is 4. The molecular weight excluding hydrogens is 1170 g/mol. The van der Waals surface area contributed by atoms with Gasteiger partial charge in [-0.1, -0.05) is 317 Å². The number of aliphatic hydroxyl groups excluding tert-OH is 1. The minimum atomic E-state index is -4.95. The van der Waals surface area contributed by atoms with Crippen molar-refractivity contribution in [2.45, 2.75) is 386 Å². The molecule has 0 saturated carbocycles. The van der Waals surface area contributed by atoms with Crippen molar-refractivity contribution in [1.29, 1.82) is 0 Å². The predicted octanol–water partition coefficient (Wildman–Crippen LogP) is 20.3. The third-order valence-corrected chi connectivity index (χ3v) is 18.3. The molecule has 0 aromatic carbocycles. The number of unbranched alkanes of at least 4 members (excludes halogenated alkanes) is 45. The summed E-state index contributed by atoms with van der Waals surface area (Å²) < 4.78 is 68.1. The lowest BCUT2D eigenvalue weighted by molar-refractivity contribution is -0.161. The van der Waals surface area contributed by atoms with Gasteiger partial charge < -0.3 is 33.8 Å². The number of rotatable bonds is 71. The van der Waals surface area contributed by atoms with Crippen molar-refractivity contribution in [2.75, 3.05) is 39.6 Å². The highest BCUT2D eigenvalue weighted by Gasteiger charge is 2.30. The molecule has 3 N–H and O–H groups in total. The standard InChI is InChI=1S/C70H136O17P2/c1-5-9-13-17-20-23-26-29-31-33-36-39-42-45-49-53-57-70(75)87-66(61-81-68(73)55-51-47-43-40-37-35-32-30-27-24-21-18-14-10-6-2)63-85-89(78,79)83-59-64(71)58-82-88(76,77)84-62-65(60-80-67(72)54-50-46-16-12-8-4)86-69(74)56-52-48-44-41-38-34-28-25-22-19-15-11-7-3/h64-66,71H,5-63H2,1-4H3,(H,76,77)(H,78,79)/t64-,65+,66+/m0/s1. The van der Waals surface area contributed by atoms with E-state index in [-0.39, 0.29) is 25.7 Å². The monoisotopic (exact) mass is 1310 g/mol. The van der Waals surface area contributed by atoms with Crippen molar-refractivity contribution in [3.05, 3.63) is 0 Å². The Labute approximate surface area is 543 Å². The van der Waals surface area contributed by atoms with Gasteiger partial charge in [0.05, 0.1) is 26.4 Å². The van der Waals surface area contributed by atoms with Crippen LogP contribution in [0.2, 0.25) is 0 Å². The highest BCUT2D eigenvalue weighted by molar-refractivity contribution is 7.47. The van der Waals surface area contributed by atoms with Crippen LogP contribution in [0.25, 0.3) is 0 Å². The van der Waals surface area contributed by atoms with E-state index < -0.39 is 97.5 Å². The Kier molecular flexibility index (Phi) is 63.3. The van der Waals surface area contributed by atoms with Gasteiger partial charge >= 0.3 is 39.5 Å². The number of phosphoric ester groups is 2. The topological polar surface area (TPSA) is 237 Å². The van der Waals surface area contributed by atoms with Crippen LogP contribution in [0.15, 0.2) is 0 Å². The number of hydrogen-bond donors (Lipinski definition) is 3. The zero-order chi connectivity index (χ0) is 65.4. The molecule has 5 atom stereocenters. The largest absolute Gasteiger partial charge is 0.472 e. The highest BCUT2D eigenvalue weighted by atomic mass is 31.2. The smallest absolute Gasteiger partial charge is 0.462 e. The molecule has 19 heteroatoms. The molecule has 2 unspecified atom stereocenters. The highest BCUT2D eigenvalue weighted by Crippen LogP contribution is 2.45. The Morgan fingerprint density at radius 3 is 0.663 bits per heavy atom. The second-order valence-electron chi connectivity index (χ2n) is 25.3. The molecule has 0 heterocycles. The quantitative estimate of drug-likeness (QED) is 0.0222. The fourth-order valence-electron chi connectivity index (χ4n) is 10.7. The average molecular weight is 1310 g/mol. The normalized spacial score (nSPS) is 14.0. The van der Waals surface area contributed by atoms with Gasteiger partial charge in [0.25, 0.3) is 0 Å². The summed E-state index contributed by atoms with van der Waals surface area (Å²) in [4.78, 5) is 72.3. The minimum Gasteiger partial charge on any atom is -0.462 e. The van der Waals surface area contributed by atoms with E-state index in [0.717, 1.165) is 96.3 Å². The van der Waals surface area contributed by atoms with Gasteiger partial charge in [-0.25, -0.2) is 9.13 Å². The number of hydrogen-bond acceptors (Lipinski definition) is 15. The first-order valence-corrected chi connectivity index (χ1v) is 39.8.